The Morgan fingerprint density at radius 3 is 2.62 bits per heavy atom. The third kappa shape index (κ3) is 3.89. The van der Waals surface area contributed by atoms with Crippen LogP contribution in [0, 0.1) is 20.8 Å². The van der Waals surface area contributed by atoms with Crippen LogP contribution in [0.25, 0.3) is 11.0 Å². The van der Waals surface area contributed by atoms with E-state index < -0.39 is 5.63 Å². The molecule has 1 N–H and O–H groups in total. The Morgan fingerprint density at radius 2 is 1.88 bits per heavy atom. The highest BCUT2D eigenvalue weighted by Gasteiger charge is 2.11. The van der Waals surface area contributed by atoms with Crippen LogP contribution < -0.4 is 15.7 Å². The molecule has 0 unspecified atom stereocenters. The van der Waals surface area contributed by atoms with Crippen molar-refractivity contribution in [2.75, 3.05) is 11.9 Å². The van der Waals surface area contributed by atoms with Crippen molar-refractivity contribution in [2.45, 2.75) is 20.8 Å². The zero-order valence-corrected chi connectivity index (χ0v) is 15.4. The number of carbonyl (C=O) groups is 1. The number of fused-ring (bicyclic) bond motifs is 1. The zero-order valence-electron chi connectivity index (χ0n) is 14.7. The van der Waals surface area contributed by atoms with Gasteiger partial charge in [-0.05, 0) is 55.7 Å². The number of anilines is 1. The van der Waals surface area contributed by atoms with Crippen LogP contribution >= 0.6 is 11.6 Å². The van der Waals surface area contributed by atoms with Gasteiger partial charge in [-0.2, -0.15) is 0 Å². The van der Waals surface area contributed by atoms with Gasteiger partial charge in [-0.25, -0.2) is 4.79 Å². The van der Waals surface area contributed by atoms with Gasteiger partial charge in [0.25, 0.3) is 5.91 Å². The van der Waals surface area contributed by atoms with Crippen LogP contribution in [0.2, 0.25) is 5.02 Å². The van der Waals surface area contributed by atoms with Crippen molar-refractivity contribution in [3.8, 4) is 5.75 Å². The molecule has 1 amide bonds. The summed E-state index contributed by atoms with van der Waals surface area (Å²) >= 11 is 6.19. The Labute approximate surface area is 155 Å². The second-order valence-electron chi connectivity index (χ2n) is 6.18. The van der Waals surface area contributed by atoms with E-state index in [1.807, 2.05) is 26.8 Å². The molecule has 3 aromatic rings. The Morgan fingerprint density at radius 1 is 1.12 bits per heavy atom. The normalized spacial score (nSPS) is 10.8. The average Bonchev–Trinajstić information content (AvgIpc) is 2.55. The third-order valence-corrected chi connectivity index (χ3v) is 4.29. The summed E-state index contributed by atoms with van der Waals surface area (Å²) in [5.74, 6) is 0.109. The fourth-order valence-corrected chi connectivity index (χ4v) is 3.16. The van der Waals surface area contributed by atoms with Gasteiger partial charge < -0.3 is 14.5 Å². The van der Waals surface area contributed by atoms with E-state index in [2.05, 4.69) is 5.32 Å². The van der Waals surface area contributed by atoms with Crippen LogP contribution in [-0.2, 0) is 4.79 Å². The number of nitrogens with one attached hydrogen (secondary N) is 1. The SMILES string of the molecule is Cc1cc(C)c(NC(=O)COc2ccc3c(C)cc(=O)oc3c2)c(Cl)c1. The first-order valence-corrected chi connectivity index (χ1v) is 8.45. The summed E-state index contributed by atoms with van der Waals surface area (Å²) in [5, 5.41) is 4.07. The molecule has 6 heteroatoms. The van der Waals surface area contributed by atoms with E-state index in [0.29, 0.717) is 22.0 Å². The predicted octanol–water partition coefficient (Wildman–Crippen LogP) is 4.39. The first-order valence-electron chi connectivity index (χ1n) is 8.07. The number of hydrogen-bond acceptors (Lipinski definition) is 4. The minimum absolute atomic E-state index is 0.189. The Bertz CT molecular complexity index is 1030. The molecule has 0 aliphatic heterocycles. The third-order valence-electron chi connectivity index (χ3n) is 3.99. The number of halogens is 1. The molecule has 0 aliphatic carbocycles. The summed E-state index contributed by atoms with van der Waals surface area (Å²) in [7, 11) is 0. The Hall–Kier alpha value is -2.79. The predicted molar refractivity (Wildman–Crippen MR) is 102 cm³/mol. The van der Waals surface area contributed by atoms with Crippen molar-refractivity contribution in [1.82, 2.24) is 0 Å². The maximum atomic E-state index is 12.2. The van der Waals surface area contributed by atoms with Crippen molar-refractivity contribution in [3.05, 3.63) is 68.5 Å². The van der Waals surface area contributed by atoms with Gasteiger partial charge in [0.1, 0.15) is 11.3 Å². The summed E-state index contributed by atoms with van der Waals surface area (Å²) in [6.45, 7) is 5.46. The maximum absolute atomic E-state index is 12.2. The number of ether oxygens (including phenoxy) is 1. The molecule has 5 nitrogen and oxygen atoms in total. The molecular weight excluding hydrogens is 354 g/mol. The molecule has 1 heterocycles. The summed E-state index contributed by atoms with van der Waals surface area (Å²) in [5.41, 5.74) is 3.30. The molecular formula is C20H18ClNO4. The van der Waals surface area contributed by atoms with E-state index in [9.17, 15) is 9.59 Å². The molecule has 0 bridgehead atoms. The van der Waals surface area contributed by atoms with Crippen LogP contribution in [0.15, 0.2) is 45.6 Å². The first kappa shape index (κ1) is 18.0. The molecule has 0 atom stereocenters. The van der Waals surface area contributed by atoms with Gasteiger partial charge in [0.2, 0.25) is 0 Å². The zero-order chi connectivity index (χ0) is 18.8. The quantitative estimate of drug-likeness (QED) is 0.690. The van der Waals surface area contributed by atoms with Crippen molar-refractivity contribution in [1.29, 1.82) is 0 Å². The largest absolute Gasteiger partial charge is 0.484 e. The lowest BCUT2D eigenvalue weighted by atomic mass is 10.1. The molecule has 134 valence electrons. The molecule has 3 rings (SSSR count). The van der Waals surface area contributed by atoms with E-state index in [4.69, 9.17) is 20.8 Å². The van der Waals surface area contributed by atoms with Gasteiger partial charge in [-0.1, -0.05) is 17.7 Å². The fourth-order valence-electron chi connectivity index (χ4n) is 2.79. The van der Waals surface area contributed by atoms with Crippen LogP contribution in [0.5, 0.6) is 5.75 Å². The number of hydrogen-bond donors (Lipinski definition) is 1. The molecule has 0 saturated carbocycles. The number of benzene rings is 2. The maximum Gasteiger partial charge on any atom is 0.336 e. The standard InChI is InChI=1S/C20H18ClNO4/c1-11-6-13(3)20(16(21)7-11)22-18(23)10-25-14-4-5-15-12(2)8-19(24)26-17(15)9-14/h4-9H,10H2,1-3H3,(H,22,23). The monoisotopic (exact) mass is 371 g/mol. The topological polar surface area (TPSA) is 68.5 Å². The number of amides is 1. The highest BCUT2D eigenvalue weighted by atomic mass is 35.5. The minimum atomic E-state index is -0.422. The van der Waals surface area contributed by atoms with Crippen molar-refractivity contribution < 1.29 is 13.9 Å². The summed E-state index contributed by atoms with van der Waals surface area (Å²) in [4.78, 5) is 23.7. The number of rotatable bonds is 4. The summed E-state index contributed by atoms with van der Waals surface area (Å²) in [6.07, 6.45) is 0. The van der Waals surface area contributed by atoms with Gasteiger partial charge in [0.15, 0.2) is 6.61 Å². The lowest BCUT2D eigenvalue weighted by molar-refractivity contribution is -0.118. The molecule has 1 aromatic heterocycles. The molecule has 0 spiro atoms. The molecule has 2 aromatic carbocycles. The molecule has 0 saturated heterocycles. The smallest absolute Gasteiger partial charge is 0.336 e. The van der Waals surface area contributed by atoms with Crippen molar-refractivity contribution in [2.24, 2.45) is 0 Å². The molecule has 0 fully saturated rings. The number of carbonyl (C=O) groups excluding carboxylic acids is 1. The number of aryl methyl sites for hydroxylation is 3. The lowest BCUT2D eigenvalue weighted by Gasteiger charge is -2.12. The second-order valence-corrected chi connectivity index (χ2v) is 6.59. The van der Waals surface area contributed by atoms with Gasteiger partial charge >= 0.3 is 5.63 Å². The summed E-state index contributed by atoms with van der Waals surface area (Å²) in [6, 6.07) is 10.3. The van der Waals surface area contributed by atoms with Crippen molar-refractivity contribution >= 4 is 34.2 Å². The van der Waals surface area contributed by atoms with Crippen LogP contribution in [0.4, 0.5) is 5.69 Å². The molecule has 0 aliphatic rings. The van der Waals surface area contributed by atoms with Crippen LogP contribution in [0.3, 0.4) is 0 Å². The highest BCUT2D eigenvalue weighted by molar-refractivity contribution is 6.34. The van der Waals surface area contributed by atoms with E-state index in [1.54, 1.807) is 24.3 Å². The second kappa shape index (κ2) is 7.22. The lowest BCUT2D eigenvalue weighted by Crippen LogP contribution is -2.21. The van der Waals surface area contributed by atoms with Gasteiger partial charge in [-0.3, -0.25) is 4.79 Å². The highest BCUT2D eigenvalue weighted by Crippen LogP contribution is 2.27. The average molecular weight is 372 g/mol. The Kier molecular flexibility index (Phi) is 5.00. The van der Waals surface area contributed by atoms with Crippen LogP contribution in [-0.4, -0.2) is 12.5 Å². The summed E-state index contributed by atoms with van der Waals surface area (Å²) < 4.78 is 10.7. The molecule has 0 radical (unpaired) electrons. The van der Waals surface area contributed by atoms with E-state index in [1.165, 1.54) is 6.07 Å². The fraction of sp³-hybridized carbons (Fsp3) is 0.200. The van der Waals surface area contributed by atoms with Crippen molar-refractivity contribution in [3.63, 3.8) is 0 Å². The molecule has 26 heavy (non-hydrogen) atoms. The van der Waals surface area contributed by atoms with E-state index in [0.717, 1.165) is 22.1 Å². The van der Waals surface area contributed by atoms with E-state index in [-0.39, 0.29) is 12.5 Å². The van der Waals surface area contributed by atoms with Crippen LogP contribution in [0.1, 0.15) is 16.7 Å². The van der Waals surface area contributed by atoms with E-state index >= 15 is 0 Å². The minimum Gasteiger partial charge on any atom is -0.484 e. The van der Waals surface area contributed by atoms with Gasteiger partial charge in [0.05, 0.1) is 10.7 Å². The van der Waals surface area contributed by atoms with Gasteiger partial charge in [-0.15, -0.1) is 0 Å². The van der Waals surface area contributed by atoms with Gasteiger partial charge in [0, 0.05) is 17.5 Å². The Balaban J connectivity index is 1.72. The first-order chi connectivity index (χ1) is 12.3.